The van der Waals surface area contributed by atoms with Gasteiger partial charge in [-0.15, -0.1) is 0 Å². The van der Waals surface area contributed by atoms with Gasteiger partial charge in [-0.3, -0.25) is 4.90 Å². The summed E-state index contributed by atoms with van der Waals surface area (Å²) in [7, 11) is 0. The van der Waals surface area contributed by atoms with E-state index in [4.69, 9.17) is 5.11 Å². The molecule has 3 heteroatoms. The Morgan fingerprint density at radius 2 is 1.87 bits per heavy atom. The van der Waals surface area contributed by atoms with Crippen molar-refractivity contribution in [2.24, 2.45) is 5.92 Å². The average molecular weight is 212 g/mol. The Kier molecular flexibility index (Phi) is 4.00. The van der Waals surface area contributed by atoms with E-state index < -0.39 is 0 Å². The SMILES string of the molecule is CCN1CCC(N2CCC(CO)C2)CC1. The molecular formula is C12H24N2O. The molecule has 2 fully saturated rings. The van der Waals surface area contributed by atoms with Gasteiger partial charge in [-0.05, 0) is 51.4 Å². The van der Waals surface area contributed by atoms with Crippen molar-refractivity contribution in [1.29, 1.82) is 0 Å². The molecule has 1 unspecified atom stereocenters. The van der Waals surface area contributed by atoms with Crippen molar-refractivity contribution in [1.82, 2.24) is 9.80 Å². The lowest BCUT2D eigenvalue weighted by Gasteiger charge is -2.36. The van der Waals surface area contributed by atoms with Crippen LogP contribution >= 0.6 is 0 Å². The number of nitrogens with zero attached hydrogens (tertiary/aromatic N) is 2. The van der Waals surface area contributed by atoms with Crippen LogP contribution in [-0.2, 0) is 0 Å². The van der Waals surface area contributed by atoms with Crippen molar-refractivity contribution in [3.63, 3.8) is 0 Å². The zero-order valence-corrected chi connectivity index (χ0v) is 9.86. The maximum atomic E-state index is 9.13. The molecule has 0 bridgehead atoms. The largest absolute Gasteiger partial charge is 0.396 e. The number of piperidine rings is 1. The van der Waals surface area contributed by atoms with Crippen LogP contribution < -0.4 is 0 Å². The number of hydrogen-bond acceptors (Lipinski definition) is 3. The summed E-state index contributed by atoms with van der Waals surface area (Å²) >= 11 is 0. The van der Waals surface area contributed by atoms with Crippen LogP contribution in [0.4, 0.5) is 0 Å². The number of aliphatic hydroxyl groups excluding tert-OH is 1. The monoisotopic (exact) mass is 212 g/mol. The van der Waals surface area contributed by atoms with Gasteiger partial charge in [0.05, 0.1) is 0 Å². The second-order valence-electron chi connectivity index (χ2n) is 5.00. The van der Waals surface area contributed by atoms with Crippen molar-refractivity contribution in [2.75, 3.05) is 39.3 Å². The van der Waals surface area contributed by atoms with Crippen molar-refractivity contribution in [3.05, 3.63) is 0 Å². The highest BCUT2D eigenvalue weighted by atomic mass is 16.3. The highest BCUT2D eigenvalue weighted by Crippen LogP contribution is 2.23. The second-order valence-corrected chi connectivity index (χ2v) is 5.00. The normalized spacial score (nSPS) is 31.2. The maximum absolute atomic E-state index is 9.13. The summed E-state index contributed by atoms with van der Waals surface area (Å²) in [5, 5.41) is 9.13. The zero-order chi connectivity index (χ0) is 10.7. The molecule has 2 aliphatic rings. The minimum Gasteiger partial charge on any atom is -0.396 e. The molecule has 0 aromatic rings. The fourth-order valence-electron chi connectivity index (χ4n) is 2.94. The van der Waals surface area contributed by atoms with Gasteiger partial charge >= 0.3 is 0 Å². The Morgan fingerprint density at radius 1 is 1.13 bits per heavy atom. The van der Waals surface area contributed by atoms with Gasteiger partial charge in [0.1, 0.15) is 0 Å². The molecule has 0 radical (unpaired) electrons. The van der Waals surface area contributed by atoms with Gasteiger partial charge in [0, 0.05) is 19.2 Å². The van der Waals surface area contributed by atoms with Crippen molar-refractivity contribution in [2.45, 2.75) is 32.2 Å². The maximum Gasteiger partial charge on any atom is 0.0471 e. The molecule has 0 aliphatic carbocycles. The summed E-state index contributed by atoms with van der Waals surface area (Å²) in [6.07, 6.45) is 3.85. The molecule has 2 heterocycles. The van der Waals surface area contributed by atoms with E-state index in [0.717, 1.165) is 12.6 Å². The molecule has 0 aromatic heterocycles. The lowest BCUT2D eigenvalue weighted by molar-refractivity contribution is 0.123. The van der Waals surface area contributed by atoms with E-state index in [1.807, 2.05) is 0 Å². The molecule has 0 saturated carbocycles. The minimum atomic E-state index is 0.379. The summed E-state index contributed by atoms with van der Waals surface area (Å²) in [6, 6.07) is 0.796. The molecule has 1 N–H and O–H groups in total. The predicted molar refractivity (Wildman–Crippen MR) is 61.9 cm³/mol. The van der Waals surface area contributed by atoms with E-state index in [2.05, 4.69) is 16.7 Å². The van der Waals surface area contributed by atoms with E-state index >= 15 is 0 Å². The Labute approximate surface area is 93.1 Å². The Hall–Kier alpha value is -0.120. The third kappa shape index (κ3) is 2.71. The van der Waals surface area contributed by atoms with Gasteiger partial charge in [-0.1, -0.05) is 6.92 Å². The number of aliphatic hydroxyl groups is 1. The zero-order valence-electron chi connectivity index (χ0n) is 9.86. The fraction of sp³-hybridized carbons (Fsp3) is 1.00. The van der Waals surface area contributed by atoms with E-state index in [9.17, 15) is 0 Å². The summed E-state index contributed by atoms with van der Waals surface area (Å²) < 4.78 is 0. The summed E-state index contributed by atoms with van der Waals surface area (Å²) in [5.41, 5.74) is 0. The quantitative estimate of drug-likeness (QED) is 0.749. The van der Waals surface area contributed by atoms with Crippen LogP contribution in [0.5, 0.6) is 0 Å². The summed E-state index contributed by atoms with van der Waals surface area (Å²) in [4.78, 5) is 5.14. The van der Waals surface area contributed by atoms with Gasteiger partial charge in [0.25, 0.3) is 0 Å². The minimum absolute atomic E-state index is 0.379. The lowest BCUT2D eigenvalue weighted by Crippen LogP contribution is -2.44. The van der Waals surface area contributed by atoms with Crippen molar-refractivity contribution < 1.29 is 5.11 Å². The molecule has 1 atom stereocenters. The Balaban J connectivity index is 1.76. The highest BCUT2D eigenvalue weighted by molar-refractivity contribution is 4.84. The predicted octanol–water partition coefficient (Wildman–Crippen LogP) is 0.785. The number of hydrogen-bond donors (Lipinski definition) is 1. The lowest BCUT2D eigenvalue weighted by atomic mass is 10.0. The molecule has 0 amide bonds. The standard InChI is InChI=1S/C12H24N2O/c1-2-13-6-4-12(5-7-13)14-8-3-11(9-14)10-15/h11-12,15H,2-10H2,1H3. The highest BCUT2D eigenvalue weighted by Gasteiger charge is 2.29. The molecule has 15 heavy (non-hydrogen) atoms. The van der Waals surface area contributed by atoms with E-state index in [0.29, 0.717) is 12.5 Å². The number of likely N-dealkylation sites (tertiary alicyclic amines) is 2. The van der Waals surface area contributed by atoms with Crippen LogP contribution in [0.15, 0.2) is 0 Å². The first-order valence-electron chi connectivity index (χ1n) is 6.40. The van der Waals surface area contributed by atoms with E-state index in [1.54, 1.807) is 0 Å². The summed E-state index contributed by atoms with van der Waals surface area (Å²) in [6.45, 7) is 8.70. The van der Waals surface area contributed by atoms with Gasteiger partial charge in [0.2, 0.25) is 0 Å². The molecule has 2 saturated heterocycles. The molecule has 2 aliphatic heterocycles. The second kappa shape index (κ2) is 5.28. The Morgan fingerprint density at radius 3 is 2.40 bits per heavy atom. The average Bonchev–Trinajstić information content (AvgIpc) is 2.78. The van der Waals surface area contributed by atoms with Gasteiger partial charge in [-0.25, -0.2) is 0 Å². The topological polar surface area (TPSA) is 26.7 Å². The summed E-state index contributed by atoms with van der Waals surface area (Å²) in [5.74, 6) is 0.550. The first kappa shape index (κ1) is 11.4. The molecule has 88 valence electrons. The van der Waals surface area contributed by atoms with E-state index in [1.165, 1.54) is 45.4 Å². The molecular weight excluding hydrogens is 188 g/mol. The molecule has 0 spiro atoms. The molecule has 0 aromatic carbocycles. The van der Waals surface area contributed by atoms with Gasteiger partial charge < -0.3 is 10.0 Å². The third-order valence-electron chi connectivity index (χ3n) is 4.10. The van der Waals surface area contributed by atoms with Crippen LogP contribution in [0, 0.1) is 5.92 Å². The molecule has 2 rings (SSSR count). The Bertz CT molecular complexity index is 190. The van der Waals surface area contributed by atoms with Crippen molar-refractivity contribution >= 4 is 0 Å². The first-order chi connectivity index (χ1) is 7.33. The van der Waals surface area contributed by atoms with Crippen LogP contribution in [-0.4, -0.2) is 60.3 Å². The fourth-order valence-corrected chi connectivity index (χ4v) is 2.94. The smallest absolute Gasteiger partial charge is 0.0471 e. The van der Waals surface area contributed by atoms with Crippen LogP contribution in [0.3, 0.4) is 0 Å². The van der Waals surface area contributed by atoms with Crippen LogP contribution in [0.1, 0.15) is 26.2 Å². The van der Waals surface area contributed by atoms with Crippen molar-refractivity contribution in [3.8, 4) is 0 Å². The van der Waals surface area contributed by atoms with Crippen LogP contribution in [0.2, 0.25) is 0 Å². The third-order valence-corrected chi connectivity index (χ3v) is 4.10. The van der Waals surface area contributed by atoms with Crippen LogP contribution in [0.25, 0.3) is 0 Å². The molecule has 3 nitrogen and oxygen atoms in total. The number of rotatable bonds is 3. The van der Waals surface area contributed by atoms with E-state index in [-0.39, 0.29) is 0 Å². The first-order valence-corrected chi connectivity index (χ1v) is 6.40. The van der Waals surface area contributed by atoms with Gasteiger partial charge in [-0.2, -0.15) is 0 Å². The van der Waals surface area contributed by atoms with Gasteiger partial charge in [0.15, 0.2) is 0 Å².